The number of ether oxygens (including phenoxy) is 2. The van der Waals surface area contributed by atoms with Crippen LogP contribution in [0.1, 0.15) is 19.4 Å². The van der Waals surface area contributed by atoms with Gasteiger partial charge in [0.15, 0.2) is 0 Å². The summed E-state index contributed by atoms with van der Waals surface area (Å²) >= 11 is 0. The second-order valence-electron chi connectivity index (χ2n) is 4.45. The lowest BCUT2D eigenvalue weighted by Gasteiger charge is -2.05. The molecule has 0 aliphatic carbocycles. The molecule has 0 radical (unpaired) electrons. The van der Waals surface area contributed by atoms with Crippen LogP contribution in [0.2, 0.25) is 0 Å². The highest BCUT2D eigenvalue weighted by molar-refractivity contribution is 5.87. The molecule has 0 fully saturated rings. The molecule has 118 valence electrons. The minimum atomic E-state index is -0.489. The first kappa shape index (κ1) is 19.4. The van der Waals surface area contributed by atoms with Crippen molar-refractivity contribution in [2.24, 2.45) is 0 Å². The minimum Gasteiger partial charge on any atom is -0.459 e. The van der Waals surface area contributed by atoms with E-state index in [4.69, 9.17) is 0 Å². The van der Waals surface area contributed by atoms with Gasteiger partial charge >= 0.3 is 11.9 Å². The molecule has 22 heavy (non-hydrogen) atoms. The Labute approximate surface area is 131 Å². The second-order valence-corrected chi connectivity index (χ2v) is 4.45. The molecule has 0 saturated carbocycles. The van der Waals surface area contributed by atoms with Crippen molar-refractivity contribution >= 4 is 18.0 Å². The Balaban J connectivity index is 0.000000461. The average Bonchev–Trinajstić information content (AvgIpc) is 2.52. The highest BCUT2D eigenvalue weighted by Crippen LogP contribution is 1.97. The van der Waals surface area contributed by atoms with Gasteiger partial charge in [-0.25, -0.2) is 9.59 Å². The van der Waals surface area contributed by atoms with E-state index in [0.29, 0.717) is 11.1 Å². The van der Waals surface area contributed by atoms with Gasteiger partial charge in [-0.3, -0.25) is 0 Å². The van der Waals surface area contributed by atoms with E-state index in [-0.39, 0.29) is 13.2 Å². The zero-order chi connectivity index (χ0) is 17.0. The van der Waals surface area contributed by atoms with E-state index in [1.807, 2.05) is 36.4 Å². The molecule has 1 rings (SSSR count). The molecule has 0 unspecified atom stereocenters. The van der Waals surface area contributed by atoms with Crippen molar-refractivity contribution in [1.29, 1.82) is 0 Å². The standard InChI is InChI=1S/C10H14O4.C8H8/c1-7(2)9(11)13-5-6-14-10(12)8(3)4;1-2-8-6-4-3-5-7-8/h1,3,5-6H2,2,4H3;2-7H,1H2. The summed E-state index contributed by atoms with van der Waals surface area (Å²) in [6.07, 6.45) is 1.83. The average molecular weight is 302 g/mol. The number of carbonyl (C=O) groups is 2. The van der Waals surface area contributed by atoms with Crippen molar-refractivity contribution in [2.75, 3.05) is 13.2 Å². The van der Waals surface area contributed by atoms with Crippen LogP contribution in [0.25, 0.3) is 6.08 Å². The molecule has 1 aromatic rings. The third-order valence-corrected chi connectivity index (χ3v) is 2.28. The minimum absolute atomic E-state index is 0.0325. The van der Waals surface area contributed by atoms with Gasteiger partial charge in [0.25, 0.3) is 0 Å². The molecule has 4 nitrogen and oxygen atoms in total. The topological polar surface area (TPSA) is 52.6 Å². The highest BCUT2D eigenvalue weighted by atomic mass is 16.6. The molecule has 0 atom stereocenters. The molecule has 0 aliphatic heterocycles. The fourth-order valence-electron chi connectivity index (χ4n) is 1.10. The maximum Gasteiger partial charge on any atom is 0.333 e. The van der Waals surface area contributed by atoms with Gasteiger partial charge in [-0.1, -0.05) is 56.1 Å². The van der Waals surface area contributed by atoms with E-state index in [0.717, 1.165) is 0 Å². The molecule has 0 saturated heterocycles. The molecule has 0 N–H and O–H groups in total. The molecule has 0 aliphatic rings. The van der Waals surface area contributed by atoms with Crippen molar-refractivity contribution in [3.63, 3.8) is 0 Å². The largest absolute Gasteiger partial charge is 0.459 e. The second kappa shape index (κ2) is 11.1. The Bertz CT molecular complexity index is 501. The van der Waals surface area contributed by atoms with E-state index in [1.54, 1.807) is 13.8 Å². The van der Waals surface area contributed by atoms with E-state index in [9.17, 15) is 9.59 Å². The van der Waals surface area contributed by atoms with Crippen LogP contribution in [0.5, 0.6) is 0 Å². The Kier molecular flexibility index (Phi) is 9.76. The van der Waals surface area contributed by atoms with Crippen molar-refractivity contribution in [2.45, 2.75) is 13.8 Å². The molecular weight excluding hydrogens is 280 g/mol. The number of hydrogen-bond acceptors (Lipinski definition) is 4. The monoisotopic (exact) mass is 302 g/mol. The summed E-state index contributed by atoms with van der Waals surface area (Å²) in [5.74, 6) is -0.979. The Hall–Kier alpha value is -2.62. The predicted molar refractivity (Wildman–Crippen MR) is 88.1 cm³/mol. The summed E-state index contributed by atoms with van der Waals surface area (Å²) in [6.45, 7) is 13.6. The zero-order valence-electron chi connectivity index (χ0n) is 13.1. The van der Waals surface area contributed by atoms with Crippen molar-refractivity contribution < 1.29 is 19.1 Å². The van der Waals surface area contributed by atoms with Gasteiger partial charge in [0.05, 0.1) is 0 Å². The van der Waals surface area contributed by atoms with Crippen molar-refractivity contribution in [3.05, 3.63) is 66.8 Å². The van der Waals surface area contributed by atoms with Crippen LogP contribution in [0.3, 0.4) is 0 Å². The van der Waals surface area contributed by atoms with Gasteiger partial charge < -0.3 is 9.47 Å². The smallest absolute Gasteiger partial charge is 0.333 e. The third kappa shape index (κ3) is 9.31. The number of hydrogen-bond donors (Lipinski definition) is 0. The fraction of sp³-hybridized carbons (Fsp3) is 0.222. The molecule has 0 bridgehead atoms. The van der Waals surface area contributed by atoms with Gasteiger partial charge in [-0.15, -0.1) is 0 Å². The normalized spacial score (nSPS) is 8.82. The van der Waals surface area contributed by atoms with E-state index < -0.39 is 11.9 Å². The maximum absolute atomic E-state index is 10.8. The lowest BCUT2D eigenvalue weighted by Crippen LogP contribution is -2.14. The first-order valence-electron chi connectivity index (χ1n) is 6.71. The summed E-state index contributed by atoms with van der Waals surface area (Å²) in [7, 11) is 0. The molecule has 0 amide bonds. The van der Waals surface area contributed by atoms with Gasteiger partial charge in [-0.05, 0) is 19.4 Å². The Morgan fingerprint density at radius 2 is 1.36 bits per heavy atom. The van der Waals surface area contributed by atoms with Gasteiger partial charge in [0.1, 0.15) is 13.2 Å². The summed E-state index contributed by atoms with van der Waals surface area (Å²) in [6, 6.07) is 10.0. The highest BCUT2D eigenvalue weighted by Gasteiger charge is 2.05. The van der Waals surface area contributed by atoms with Crippen LogP contribution >= 0.6 is 0 Å². The summed E-state index contributed by atoms with van der Waals surface area (Å²) in [4.78, 5) is 21.7. The van der Waals surface area contributed by atoms with Crippen molar-refractivity contribution in [1.82, 2.24) is 0 Å². The van der Waals surface area contributed by atoms with Crippen LogP contribution in [0.4, 0.5) is 0 Å². The number of carbonyl (C=O) groups excluding carboxylic acids is 2. The molecule has 1 aromatic carbocycles. The third-order valence-electron chi connectivity index (χ3n) is 2.28. The molecule has 0 heterocycles. The fourth-order valence-corrected chi connectivity index (χ4v) is 1.10. The number of esters is 2. The summed E-state index contributed by atoms with van der Waals surface area (Å²) in [5, 5.41) is 0. The van der Waals surface area contributed by atoms with Gasteiger partial charge in [-0.2, -0.15) is 0 Å². The predicted octanol–water partition coefficient (Wildman–Crippen LogP) is 3.55. The zero-order valence-corrected chi connectivity index (χ0v) is 13.1. The Morgan fingerprint density at radius 3 is 1.64 bits per heavy atom. The first-order valence-corrected chi connectivity index (χ1v) is 6.71. The summed E-state index contributed by atoms with van der Waals surface area (Å²) in [5.41, 5.74) is 1.81. The van der Waals surface area contributed by atoms with Crippen LogP contribution in [0, 0.1) is 0 Å². The molecule has 0 aromatic heterocycles. The first-order chi connectivity index (χ1) is 10.4. The van der Waals surface area contributed by atoms with E-state index in [2.05, 4.69) is 29.2 Å². The quantitative estimate of drug-likeness (QED) is 0.458. The number of benzene rings is 1. The van der Waals surface area contributed by atoms with Crippen molar-refractivity contribution in [3.8, 4) is 0 Å². The molecular formula is C18H22O4. The number of rotatable bonds is 6. The SMILES string of the molecule is C=C(C)C(=O)OCCOC(=O)C(=C)C.C=Cc1ccccc1. The van der Waals surface area contributed by atoms with E-state index in [1.165, 1.54) is 5.56 Å². The van der Waals surface area contributed by atoms with Crippen LogP contribution in [0.15, 0.2) is 61.2 Å². The Morgan fingerprint density at radius 1 is 0.955 bits per heavy atom. The van der Waals surface area contributed by atoms with Crippen LogP contribution in [-0.2, 0) is 19.1 Å². The van der Waals surface area contributed by atoms with Crippen LogP contribution < -0.4 is 0 Å². The lowest BCUT2D eigenvalue weighted by molar-refractivity contribution is -0.147. The van der Waals surface area contributed by atoms with Gasteiger partial charge in [0, 0.05) is 11.1 Å². The maximum atomic E-state index is 10.8. The van der Waals surface area contributed by atoms with E-state index >= 15 is 0 Å². The molecule has 0 spiro atoms. The van der Waals surface area contributed by atoms with Gasteiger partial charge in [0.2, 0.25) is 0 Å². The lowest BCUT2D eigenvalue weighted by atomic mass is 10.2. The summed E-state index contributed by atoms with van der Waals surface area (Å²) < 4.78 is 9.38. The van der Waals surface area contributed by atoms with Crippen LogP contribution in [-0.4, -0.2) is 25.2 Å². The molecule has 4 heteroatoms.